The molecule has 2 aromatic carbocycles. The van der Waals surface area contributed by atoms with Gasteiger partial charge in [-0.1, -0.05) is 37.5 Å². The van der Waals surface area contributed by atoms with Gasteiger partial charge in [0.25, 0.3) is 0 Å². The molecule has 130 valence electrons. The summed E-state index contributed by atoms with van der Waals surface area (Å²) in [5.41, 5.74) is 6.41. The van der Waals surface area contributed by atoms with Gasteiger partial charge in [0, 0.05) is 11.8 Å². The predicted molar refractivity (Wildman–Crippen MR) is 97.9 cm³/mol. The van der Waals surface area contributed by atoms with Crippen LogP contribution in [0, 0.1) is 0 Å². The largest absolute Gasteiger partial charge is 0.494 e. The second kappa shape index (κ2) is 10.4. The number of ether oxygens (including phenoxy) is 3. The molecule has 0 bridgehead atoms. The minimum Gasteiger partial charge on any atom is -0.494 e. The number of hydrogen-bond acceptors (Lipinski definition) is 4. The lowest BCUT2D eigenvalue weighted by Gasteiger charge is -2.11. The smallest absolute Gasteiger partial charge is 0.162 e. The Hall–Kier alpha value is -2.36. The molecule has 0 aliphatic carbocycles. The molecule has 0 radical (unpaired) electrons. The molecular weight excluding hydrogens is 302 g/mol. The van der Waals surface area contributed by atoms with Crippen LogP contribution >= 0.6 is 0 Å². The summed E-state index contributed by atoms with van der Waals surface area (Å²) in [4.78, 5) is 0. The van der Waals surface area contributed by atoms with E-state index >= 15 is 0 Å². The summed E-state index contributed by atoms with van der Waals surface area (Å²) in [6.07, 6.45) is 5.65. The molecule has 4 heteroatoms. The molecule has 0 aliphatic rings. The summed E-state index contributed by atoms with van der Waals surface area (Å²) >= 11 is 0. The number of para-hydroxylation sites is 1. The molecule has 2 aromatic rings. The van der Waals surface area contributed by atoms with E-state index in [1.807, 2.05) is 42.5 Å². The molecule has 0 amide bonds. The van der Waals surface area contributed by atoms with E-state index in [0.717, 1.165) is 37.4 Å². The molecule has 2 rings (SSSR count). The van der Waals surface area contributed by atoms with Crippen molar-refractivity contribution in [2.75, 3.05) is 26.1 Å². The highest BCUT2D eigenvalue weighted by atomic mass is 16.5. The van der Waals surface area contributed by atoms with Gasteiger partial charge in [-0.2, -0.15) is 0 Å². The Morgan fingerprint density at radius 3 is 2.12 bits per heavy atom. The third-order valence-corrected chi connectivity index (χ3v) is 3.75. The Bertz CT molecular complexity index is 587. The van der Waals surface area contributed by atoms with Gasteiger partial charge in [-0.15, -0.1) is 0 Å². The molecule has 0 aromatic heterocycles. The van der Waals surface area contributed by atoms with E-state index in [1.54, 1.807) is 13.2 Å². The van der Waals surface area contributed by atoms with E-state index in [4.69, 9.17) is 19.9 Å². The van der Waals surface area contributed by atoms with Gasteiger partial charge < -0.3 is 19.9 Å². The number of hydrogen-bond donors (Lipinski definition) is 1. The van der Waals surface area contributed by atoms with Crippen molar-refractivity contribution in [1.29, 1.82) is 0 Å². The van der Waals surface area contributed by atoms with E-state index in [1.165, 1.54) is 12.8 Å². The Morgan fingerprint density at radius 1 is 0.750 bits per heavy atom. The molecule has 0 aliphatic heterocycles. The lowest BCUT2D eigenvalue weighted by Crippen LogP contribution is -2.00. The summed E-state index contributed by atoms with van der Waals surface area (Å²) in [6.45, 7) is 1.48. The summed E-state index contributed by atoms with van der Waals surface area (Å²) < 4.78 is 16.7. The van der Waals surface area contributed by atoms with Gasteiger partial charge in [0.1, 0.15) is 5.75 Å². The van der Waals surface area contributed by atoms with Crippen molar-refractivity contribution >= 4 is 5.69 Å². The number of unbranched alkanes of at least 4 members (excludes halogenated alkanes) is 4. The molecule has 0 spiro atoms. The van der Waals surface area contributed by atoms with Crippen LogP contribution in [0.15, 0.2) is 48.5 Å². The molecular formula is C20H27NO3. The molecule has 2 N–H and O–H groups in total. The molecule has 24 heavy (non-hydrogen) atoms. The Labute approximate surface area is 144 Å². The molecule has 0 saturated heterocycles. The van der Waals surface area contributed by atoms with Crippen molar-refractivity contribution in [3.05, 3.63) is 48.5 Å². The van der Waals surface area contributed by atoms with Crippen molar-refractivity contribution < 1.29 is 14.2 Å². The minimum atomic E-state index is 0.678. The average molecular weight is 329 g/mol. The van der Waals surface area contributed by atoms with Gasteiger partial charge in [-0.05, 0) is 37.1 Å². The lowest BCUT2D eigenvalue weighted by molar-refractivity contribution is 0.281. The zero-order chi connectivity index (χ0) is 17.0. The summed E-state index contributed by atoms with van der Waals surface area (Å²) in [5.74, 6) is 2.39. The van der Waals surface area contributed by atoms with E-state index in [9.17, 15) is 0 Å². The van der Waals surface area contributed by atoms with E-state index < -0.39 is 0 Å². The van der Waals surface area contributed by atoms with Gasteiger partial charge >= 0.3 is 0 Å². The summed E-state index contributed by atoms with van der Waals surface area (Å²) in [6, 6.07) is 15.4. The molecule has 4 nitrogen and oxygen atoms in total. The van der Waals surface area contributed by atoms with Crippen LogP contribution in [0.1, 0.15) is 32.1 Å². The van der Waals surface area contributed by atoms with E-state index in [2.05, 4.69) is 0 Å². The van der Waals surface area contributed by atoms with E-state index in [0.29, 0.717) is 18.0 Å². The first kappa shape index (κ1) is 18.0. The standard InChI is InChI=1S/C20H27NO3/c1-22-20-16-17(21)12-13-19(20)24-15-9-4-2-3-8-14-23-18-10-6-5-7-11-18/h5-7,10-13,16H,2-4,8-9,14-15,21H2,1H3. The lowest BCUT2D eigenvalue weighted by atomic mass is 10.1. The predicted octanol–water partition coefficient (Wildman–Crippen LogP) is 4.69. The first-order chi connectivity index (χ1) is 11.8. The summed E-state index contributed by atoms with van der Waals surface area (Å²) in [7, 11) is 1.62. The quantitative estimate of drug-likeness (QED) is 0.480. The minimum absolute atomic E-state index is 0.678. The summed E-state index contributed by atoms with van der Waals surface area (Å²) in [5, 5.41) is 0. The monoisotopic (exact) mass is 329 g/mol. The van der Waals surface area contributed by atoms with Crippen LogP contribution in [-0.4, -0.2) is 20.3 Å². The second-order valence-electron chi connectivity index (χ2n) is 5.69. The molecule has 0 saturated carbocycles. The zero-order valence-electron chi connectivity index (χ0n) is 14.4. The second-order valence-corrected chi connectivity index (χ2v) is 5.69. The molecule has 0 fully saturated rings. The first-order valence-corrected chi connectivity index (χ1v) is 8.54. The van der Waals surface area contributed by atoms with Crippen LogP contribution in [0.25, 0.3) is 0 Å². The van der Waals surface area contributed by atoms with Gasteiger partial charge in [0.2, 0.25) is 0 Å². The van der Waals surface area contributed by atoms with Crippen LogP contribution in [-0.2, 0) is 0 Å². The van der Waals surface area contributed by atoms with Crippen molar-refractivity contribution in [3.63, 3.8) is 0 Å². The van der Waals surface area contributed by atoms with Crippen LogP contribution in [0.5, 0.6) is 17.2 Å². The molecule has 0 unspecified atom stereocenters. The highest BCUT2D eigenvalue weighted by Gasteiger charge is 2.04. The fourth-order valence-corrected chi connectivity index (χ4v) is 2.43. The van der Waals surface area contributed by atoms with Gasteiger partial charge in [0.15, 0.2) is 11.5 Å². The maximum Gasteiger partial charge on any atom is 0.162 e. The zero-order valence-corrected chi connectivity index (χ0v) is 14.4. The number of rotatable bonds is 11. The van der Waals surface area contributed by atoms with Crippen LogP contribution in [0.2, 0.25) is 0 Å². The highest BCUT2D eigenvalue weighted by Crippen LogP contribution is 2.29. The number of benzene rings is 2. The third kappa shape index (κ3) is 6.41. The van der Waals surface area contributed by atoms with Gasteiger partial charge in [-0.3, -0.25) is 0 Å². The topological polar surface area (TPSA) is 53.7 Å². The number of nitrogen functional groups attached to an aromatic ring is 1. The van der Waals surface area contributed by atoms with Crippen molar-refractivity contribution in [2.24, 2.45) is 0 Å². The average Bonchev–Trinajstić information content (AvgIpc) is 2.62. The molecule has 0 heterocycles. The SMILES string of the molecule is COc1cc(N)ccc1OCCCCCCCOc1ccccc1. The van der Waals surface area contributed by atoms with E-state index in [-0.39, 0.29) is 0 Å². The van der Waals surface area contributed by atoms with Crippen LogP contribution in [0.4, 0.5) is 5.69 Å². The number of anilines is 1. The van der Waals surface area contributed by atoms with Crippen molar-refractivity contribution in [1.82, 2.24) is 0 Å². The Balaban J connectivity index is 1.50. The van der Waals surface area contributed by atoms with Crippen molar-refractivity contribution in [3.8, 4) is 17.2 Å². The van der Waals surface area contributed by atoms with Crippen LogP contribution in [0.3, 0.4) is 0 Å². The first-order valence-electron chi connectivity index (χ1n) is 8.54. The fraction of sp³-hybridized carbons (Fsp3) is 0.400. The van der Waals surface area contributed by atoms with Gasteiger partial charge in [0.05, 0.1) is 20.3 Å². The van der Waals surface area contributed by atoms with Crippen molar-refractivity contribution in [2.45, 2.75) is 32.1 Å². The number of methoxy groups -OCH3 is 1. The fourth-order valence-electron chi connectivity index (χ4n) is 2.43. The normalized spacial score (nSPS) is 10.4. The number of nitrogens with two attached hydrogens (primary N) is 1. The third-order valence-electron chi connectivity index (χ3n) is 3.75. The molecule has 0 atom stereocenters. The Morgan fingerprint density at radius 2 is 1.42 bits per heavy atom. The maximum atomic E-state index is 5.76. The van der Waals surface area contributed by atoms with Gasteiger partial charge in [-0.25, -0.2) is 0 Å². The Kier molecular flexibility index (Phi) is 7.81. The highest BCUT2D eigenvalue weighted by molar-refractivity contribution is 5.51. The van der Waals surface area contributed by atoms with Crippen LogP contribution < -0.4 is 19.9 Å². The maximum absolute atomic E-state index is 5.76.